The van der Waals surface area contributed by atoms with E-state index < -0.39 is 28.1 Å². The minimum Gasteiger partial charge on any atom is -0.480 e. The minimum absolute atomic E-state index is 0.00126. The monoisotopic (exact) mass is 253 g/mol. The molecule has 0 aromatic rings. The summed E-state index contributed by atoms with van der Waals surface area (Å²) in [5.41, 5.74) is 0. The molecule has 0 saturated carbocycles. The van der Waals surface area contributed by atoms with E-state index in [1.165, 1.54) is 7.11 Å². The number of carbonyl (C=O) groups is 1. The number of hydrogen-bond acceptors (Lipinski definition) is 5. The van der Waals surface area contributed by atoms with Gasteiger partial charge < -0.3 is 14.9 Å². The highest BCUT2D eigenvalue weighted by molar-refractivity contribution is 7.89. The van der Waals surface area contributed by atoms with Gasteiger partial charge in [-0.2, -0.15) is 4.31 Å². The Labute approximate surface area is 93.7 Å². The van der Waals surface area contributed by atoms with Gasteiger partial charge in [0.25, 0.3) is 0 Å². The van der Waals surface area contributed by atoms with Crippen molar-refractivity contribution in [2.45, 2.75) is 18.6 Å². The first-order valence-electron chi connectivity index (χ1n) is 4.78. The van der Waals surface area contributed by atoms with Crippen molar-refractivity contribution in [2.24, 2.45) is 0 Å². The van der Waals surface area contributed by atoms with Crippen LogP contribution in [0.25, 0.3) is 0 Å². The Morgan fingerprint density at radius 2 is 2.19 bits per heavy atom. The second-order valence-corrected chi connectivity index (χ2v) is 5.66. The van der Waals surface area contributed by atoms with Crippen molar-refractivity contribution in [3.05, 3.63) is 0 Å². The van der Waals surface area contributed by atoms with Gasteiger partial charge in [-0.05, 0) is 0 Å². The summed E-state index contributed by atoms with van der Waals surface area (Å²) in [4.78, 5) is 10.8. The van der Waals surface area contributed by atoms with Crippen LogP contribution in [0, 0.1) is 0 Å². The molecule has 1 heterocycles. The number of β-amino-alcohol motifs (C(OH)–C–C–N with tert-alkyl or cyclic N) is 1. The Morgan fingerprint density at radius 1 is 1.56 bits per heavy atom. The lowest BCUT2D eigenvalue weighted by atomic mass is 10.2. The van der Waals surface area contributed by atoms with E-state index in [2.05, 4.69) is 4.74 Å². The lowest BCUT2D eigenvalue weighted by Gasteiger charge is -2.20. The summed E-state index contributed by atoms with van der Waals surface area (Å²) < 4.78 is 28.9. The van der Waals surface area contributed by atoms with Crippen LogP contribution in [0.2, 0.25) is 0 Å². The van der Waals surface area contributed by atoms with E-state index in [9.17, 15) is 18.3 Å². The first kappa shape index (κ1) is 13.4. The number of nitrogens with zero attached hydrogens (tertiary/aromatic N) is 1. The second-order valence-electron chi connectivity index (χ2n) is 3.62. The quantitative estimate of drug-likeness (QED) is 0.617. The minimum atomic E-state index is -3.68. The van der Waals surface area contributed by atoms with E-state index in [0.717, 1.165) is 4.31 Å². The third-order valence-corrected chi connectivity index (χ3v) is 4.22. The van der Waals surface area contributed by atoms with Gasteiger partial charge in [0.1, 0.15) is 6.04 Å². The third-order valence-electron chi connectivity index (χ3n) is 2.42. The molecule has 1 fully saturated rings. The third kappa shape index (κ3) is 2.91. The average Bonchev–Trinajstić information content (AvgIpc) is 2.58. The van der Waals surface area contributed by atoms with E-state index >= 15 is 0 Å². The van der Waals surface area contributed by atoms with Crippen molar-refractivity contribution in [3.8, 4) is 0 Å². The number of carboxylic acid groups (broad SMARTS) is 1. The zero-order valence-corrected chi connectivity index (χ0v) is 9.68. The summed E-state index contributed by atoms with van der Waals surface area (Å²) in [6.45, 7) is -0.162. The van der Waals surface area contributed by atoms with Crippen molar-refractivity contribution >= 4 is 16.0 Å². The van der Waals surface area contributed by atoms with Crippen LogP contribution in [0.4, 0.5) is 0 Å². The Bertz CT molecular complexity index is 354. The van der Waals surface area contributed by atoms with Crippen LogP contribution in [-0.2, 0) is 19.6 Å². The normalized spacial score (nSPS) is 27.1. The topological polar surface area (TPSA) is 104 Å². The van der Waals surface area contributed by atoms with Crippen molar-refractivity contribution < 1.29 is 28.2 Å². The van der Waals surface area contributed by atoms with Crippen LogP contribution in [0.3, 0.4) is 0 Å². The van der Waals surface area contributed by atoms with Gasteiger partial charge in [0.2, 0.25) is 10.0 Å². The largest absolute Gasteiger partial charge is 0.480 e. The summed E-state index contributed by atoms with van der Waals surface area (Å²) in [6.07, 6.45) is -0.986. The molecule has 8 heteroatoms. The maximum absolute atomic E-state index is 11.7. The second kappa shape index (κ2) is 5.09. The van der Waals surface area contributed by atoms with E-state index in [4.69, 9.17) is 5.11 Å². The molecular formula is C8H15NO6S. The fourth-order valence-corrected chi connectivity index (χ4v) is 3.20. The first-order chi connectivity index (χ1) is 7.38. The Morgan fingerprint density at radius 3 is 2.69 bits per heavy atom. The van der Waals surface area contributed by atoms with E-state index in [-0.39, 0.29) is 25.3 Å². The molecule has 2 N–H and O–H groups in total. The molecule has 0 aliphatic carbocycles. The highest BCUT2D eigenvalue weighted by atomic mass is 32.2. The number of ether oxygens (including phenoxy) is 1. The number of methoxy groups -OCH3 is 1. The van der Waals surface area contributed by atoms with E-state index in [1.807, 2.05) is 0 Å². The number of aliphatic hydroxyl groups is 1. The van der Waals surface area contributed by atoms with Crippen molar-refractivity contribution in [2.75, 3.05) is 26.0 Å². The van der Waals surface area contributed by atoms with E-state index in [1.54, 1.807) is 0 Å². The predicted octanol–water partition coefficient (Wildman–Crippen LogP) is -1.52. The zero-order chi connectivity index (χ0) is 12.3. The molecule has 1 saturated heterocycles. The van der Waals surface area contributed by atoms with Gasteiger partial charge in [-0.3, -0.25) is 4.79 Å². The molecule has 0 aromatic heterocycles. The smallest absolute Gasteiger partial charge is 0.322 e. The predicted molar refractivity (Wildman–Crippen MR) is 54.4 cm³/mol. The van der Waals surface area contributed by atoms with Crippen LogP contribution < -0.4 is 0 Å². The fraction of sp³-hybridized carbons (Fsp3) is 0.875. The first-order valence-corrected chi connectivity index (χ1v) is 6.38. The van der Waals surface area contributed by atoms with Gasteiger partial charge in [-0.15, -0.1) is 0 Å². The van der Waals surface area contributed by atoms with Crippen molar-refractivity contribution in [1.29, 1.82) is 0 Å². The molecule has 0 aromatic carbocycles. The molecule has 16 heavy (non-hydrogen) atoms. The molecule has 2 atom stereocenters. The summed E-state index contributed by atoms with van der Waals surface area (Å²) in [5.74, 6) is -1.52. The standard InChI is InChI=1S/C8H15NO6S/c1-15-2-3-16(13,14)9-5-6(10)4-7(9)8(11)12/h6-7,10H,2-5H2,1H3,(H,11,12). The molecule has 0 spiro atoms. The van der Waals surface area contributed by atoms with Crippen LogP contribution in [-0.4, -0.2) is 67.1 Å². The van der Waals surface area contributed by atoms with Crippen molar-refractivity contribution in [1.82, 2.24) is 4.31 Å². The molecule has 2 unspecified atom stereocenters. The Balaban J connectivity index is 2.81. The Hall–Kier alpha value is -0.700. The molecule has 1 rings (SSSR count). The molecule has 1 aliphatic rings. The molecule has 0 bridgehead atoms. The highest BCUT2D eigenvalue weighted by Crippen LogP contribution is 2.22. The van der Waals surface area contributed by atoms with Gasteiger partial charge in [0, 0.05) is 20.1 Å². The lowest BCUT2D eigenvalue weighted by Crippen LogP contribution is -2.42. The van der Waals surface area contributed by atoms with Gasteiger partial charge in [-0.1, -0.05) is 0 Å². The number of carboxylic acids is 1. The average molecular weight is 253 g/mol. The number of rotatable bonds is 5. The molecular weight excluding hydrogens is 238 g/mol. The maximum Gasteiger partial charge on any atom is 0.322 e. The SMILES string of the molecule is COCCS(=O)(=O)N1CC(O)CC1C(=O)O. The molecule has 0 amide bonds. The van der Waals surface area contributed by atoms with Crippen molar-refractivity contribution in [3.63, 3.8) is 0 Å². The number of aliphatic carboxylic acids is 1. The maximum atomic E-state index is 11.7. The van der Waals surface area contributed by atoms with Gasteiger partial charge >= 0.3 is 5.97 Å². The number of aliphatic hydroxyl groups excluding tert-OH is 1. The molecule has 7 nitrogen and oxygen atoms in total. The summed E-state index contributed by atoms with van der Waals surface area (Å²) in [6, 6.07) is -1.17. The van der Waals surface area contributed by atoms with E-state index in [0.29, 0.717) is 0 Å². The fourth-order valence-electron chi connectivity index (χ4n) is 1.62. The number of sulfonamides is 1. The van der Waals surface area contributed by atoms with Gasteiger partial charge in [0.05, 0.1) is 18.5 Å². The highest BCUT2D eigenvalue weighted by Gasteiger charge is 2.42. The zero-order valence-electron chi connectivity index (χ0n) is 8.87. The van der Waals surface area contributed by atoms with Gasteiger partial charge in [0.15, 0.2) is 0 Å². The van der Waals surface area contributed by atoms with Crippen LogP contribution >= 0.6 is 0 Å². The molecule has 94 valence electrons. The number of hydrogen-bond donors (Lipinski definition) is 2. The van der Waals surface area contributed by atoms with Crippen LogP contribution in [0.5, 0.6) is 0 Å². The molecule has 0 radical (unpaired) electrons. The lowest BCUT2D eigenvalue weighted by molar-refractivity contribution is -0.140. The van der Waals surface area contributed by atoms with Crippen LogP contribution in [0.1, 0.15) is 6.42 Å². The summed E-state index contributed by atoms with van der Waals surface area (Å²) in [5, 5.41) is 18.1. The summed E-state index contributed by atoms with van der Waals surface area (Å²) >= 11 is 0. The van der Waals surface area contributed by atoms with Crippen LogP contribution in [0.15, 0.2) is 0 Å². The van der Waals surface area contributed by atoms with Gasteiger partial charge in [-0.25, -0.2) is 8.42 Å². The Kier molecular flexibility index (Phi) is 4.25. The molecule has 1 aliphatic heterocycles. The summed E-state index contributed by atoms with van der Waals surface area (Å²) in [7, 11) is -2.32.